The van der Waals surface area contributed by atoms with E-state index in [0.29, 0.717) is 39.3 Å². The molecule has 4 saturated carbocycles. The lowest BCUT2D eigenvalue weighted by atomic mass is 9.64. The zero-order chi connectivity index (χ0) is 12.1. The number of Topliss-reactive ketones (excluding diaryl/α,β-unsaturated/α-hetero) is 2. The summed E-state index contributed by atoms with van der Waals surface area (Å²) in [5.41, 5.74) is 0.207. The molecular weight excluding hydrogens is 348 g/mol. The molecule has 4 aliphatic carbocycles. The van der Waals surface area contributed by atoms with Crippen LogP contribution in [0.3, 0.4) is 0 Å². The van der Waals surface area contributed by atoms with Gasteiger partial charge in [-0.2, -0.15) is 0 Å². The van der Waals surface area contributed by atoms with Crippen molar-refractivity contribution in [2.75, 3.05) is 5.33 Å². The number of ketones is 2. The maximum absolute atomic E-state index is 12.7. The standard InChI is InChI=1S/C13H12Br2O2/c1-4-7-8-6-2-5(10(8)15)9(11(4)16)13(6,3-14)12(7)17/h5-10H,1-3H2. The lowest BCUT2D eigenvalue weighted by Gasteiger charge is -2.39. The molecule has 4 bridgehead atoms. The average molecular weight is 360 g/mol. The maximum Gasteiger partial charge on any atom is 0.163 e. The van der Waals surface area contributed by atoms with E-state index >= 15 is 0 Å². The van der Waals surface area contributed by atoms with Crippen molar-refractivity contribution in [1.82, 2.24) is 0 Å². The summed E-state index contributed by atoms with van der Waals surface area (Å²) < 4.78 is 0. The molecule has 0 aromatic heterocycles. The monoisotopic (exact) mass is 358 g/mol. The second-order valence-corrected chi connectivity index (χ2v) is 7.53. The van der Waals surface area contributed by atoms with E-state index in [9.17, 15) is 9.59 Å². The topological polar surface area (TPSA) is 34.1 Å². The lowest BCUT2D eigenvalue weighted by Crippen LogP contribution is -2.49. The summed E-state index contributed by atoms with van der Waals surface area (Å²) in [6.07, 6.45) is 1.04. The summed E-state index contributed by atoms with van der Waals surface area (Å²) in [4.78, 5) is 25.5. The van der Waals surface area contributed by atoms with Crippen molar-refractivity contribution in [3.05, 3.63) is 12.2 Å². The Bertz CT molecular complexity index is 486. The van der Waals surface area contributed by atoms with Gasteiger partial charge in [-0.05, 0) is 29.7 Å². The Morgan fingerprint density at radius 2 is 2.12 bits per heavy atom. The summed E-state index contributed by atoms with van der Waals surface area (Å²) in [5.74, 6) is 1.23. The van der Waals surface area contributed by atoms with Crippen LogP contribution in [0, 0.1) is 35.0 Å². The fourth-order valence-electron chi connectivity index (χ4n) is 5.21. The van der Waals surface area contributed by atoms with Crippen LogP contribution in [0.15, 0.2) is 12.2 Å². The third-order valence-corrected chi connectivity index (χ3v) is 7.95. The van der Waals surface area contributed by atoms with Crippen molar-refractivity contribution >= 4 is 43.4 Å². The Hall–Kier alpha value is 0.0400. The molecule has 0 spiro atoms. The molecule has 4 heteroatoms. The van der Waals surface area contributed by atoms with Gasteiger partial charge >= 0.3 is 0 Å². The Balaban J connectivity index is 2.03. The third-order valence-electron chi connectivity index (χ3n) is 5.73. The molecule has 0 saturated heterocycles. The molecule has 0 amide bonds. The van der Waals surface area contributed by atoms with Crippen molar-refractivity contribution in [2.24, 2.45) is 35.0 Å². The minimum Gasteiger partial charge on any atom is -0.298 e. The van der Waals surface area contributed by atoms with E-state index in [1.165, 1.54) is 0 Å². The van der Waals surface area contributed by atoms with Gasteiger partial charge in [0.25, 0.3) is 0 Å². The highest BCUT2D eigenvalue weighted by Gasteiger charge is 2.79. The van der Waals surface area contributed by atoms with Crippen LogP contribution in [0.2, 0.25) is 0 Å². The molecule has 0 radical (unpaired) electrons. The molecule has 4 fully saturated rings. The number of rotatable bonds is 1. The minimum atomic E-state index is -0.386. The fraction of sp³-hybridized carbons (Fsp3) is 0.692. The van der Waals surface area contributed by atoms with Gasteiger partial charge in [-0.15, -0.1) is 0 Å². The van der Waals surface area contributed by atoms with E-state index in [-0.39, 0.29) is 23.0 Å². The molecule has 4 aliphatic rings. The van der Waals surface area contributed by atoms with Gasteiger partial charge in [0.2, 0.25) is 0 Å². The molecule has 7 atom stereocenters. The maximum atomic E-state index is 12.7. The van der Waals surface area contributed by atoms with Crippen molar-refractivity contribution in [3.8, 4) is 0 Å². The summed E-state index contributed by atoms with van der Waals surface area (Å²) >= 11 is 7.26. The van der Waals surface area contributed by atoms with Crippen LogP contribution in [-0.2, 0) is 9.59 Å². The van der Waals surface area contributed by atoms with Gasteiger partial charge in [-0.25, -0.2) is 0 Å². The second kappa shape index (κ2) is 2.96. The van der Waals surface area contributed by atoms with Crippen LogP contribution in [0.5, 0.6) is 0 Å². The van der Waals surface area contributed by atoms with Gasteiger partial charge in [-0.3, -0.25) is 9.59 Å². The van der Waals surface area contributed by atoms with Crippen molar-refractivity contribution in [1.29, 1.82) is 0 Å². The normalized spacial score (nSPS) is 58.6. The number of allylic oxidation sites excluding steroid dienone is 1. The first kappa shape index (κ1) is 10.9. The predicted octanol–water partition coefficient (Wildman–Crippen LogP) is 2.35. The van der Waals surface area contributed by atoms with Crippen LogP contribution < -0.4 is 0 Å². The number of carbonyl (C=O) groups is 2. The van der Waals surface area contributed by atoms with Gasteiger partial charge in [0.1, 0.15) is 5.78 Å². The molecule has 0 N–H and O–H groups in total. The zero-order valence-corrected chi connectivity index (χ0v) is 12.3. The van der Waals surface area contributed by atoms with E-state index < -0.39 is 0 Å². The lowest BCUT2D eigenvalue weighted by molar-refractivity contribution is -0.140. The van der Waals surface area contributed by atoms with E-state index in [1.54, 1.807) is 0 Å². The molecule has 2 nitrogen and oxygen atoms in total. The van der Waals surface area contributed by atoms with Crippen LogP contribution in [0.1, 0.15) is 6.42 Å². The highest BCUT2D eigenvalue weighted by molar-refractivity contribution is 9.09. The SMILES string of the molecule is C=C1C(=O)C2C3CC4C(C1C(=O)C42CBr)C3Br. The summed E-state index contributed by atoms with van der Waals surface area (Å²) in [6, 6.07) is 0. The van der Waals surface area contributed by atoms with Crippen LogP contribution in [-0.4, -0.2) is 21.7 Å². The Kier molecular flexibility index (Phi) is 1.90. The molecule has 17 heavy (non-hydrogen) atoms. The van der Waals surface area contributed by atoms with Crippen LogP contribution in [0.25, 0.3) is 0 Å². The second-order valence-electron chi connectivity index (χ2n) is 5.91. The van der Waals surface area contributed by atoms with E-state index in [2.05, 4.69) is 38.4 Å². The summed E-state index contributed by atoms with van der Waals surface area (Å²) in [5, 5.41) is 0.649. The highest BCUT2D eigenvalue weighted by Crippen LogP contribution is 2.75. The first-order valence-electron chi connectivity index (χ1n) is 6.03. The third kappa shape index (κ3) is 0.849. The fourth-order valence-corrected chi connectivity index (χ4v) is 7.45. The van der Waals surface area contributed by atoms with E-state index in [4.69, 9.17) is 0 Å². The van der Waals surface area contributed by atoms with Gasteiger partial charge in [-0.1, -0.05) is 38.4 Å². The first-order valence-corrected chi connectivity index (χ1v) is 8.06. The van der Waals surface area contributed by atoms with Crippen molar-refractivity contribution in [2.45, 2.75) is 11.2 Å². The van der Waals surface area contributed by atoms with Crippen molar-refractivity contribution in [3.63, 3.8) is 0 Å². The highest BCUT2D eigenvalue weighted by atomic mass is 79.9. The molecule has 0 aromatic rings. The van der Waals surface area contributed by atoms with Gasteiger partial charge in [0.05, 0.1) is 11.3 Å². The molecule has 0 heterocycles. The van der Waals surface area contributed by atoms with Crippen molar-refractivity contribution < 1.29 is 9.59 Å². The number of carbonyl (C=O) groups excluding carboxylic acids is 2. The Morgan fingerprint density at radius 3 is 2.76 bits per heavy atom. The average Bonchev–Trinajstić information content (AvgIpc) is 2.83. The first-order chi connectivity index (χ1) is 8.05. The summed E-state index contributed by atoms with van der Waals surface area (Å²) in [6.45, 7) is 3.91. The van der Waals surface area contributed by atoms with Gasteiger partial charge in [0.15, 0.2) is 5.78 Å². The number of hydrogen-bond acceptors (Lipinski definition) is 2. The molecule has 0 aromatic carbocycles. The van der Waals surface area contributed by atoms with Gasteiger partial charge in [0, 0.05) is 16.1 Å². The Morgan fingerprint density at radius 1 is 1.41 bits per heavy atom. The molecule has 4 rings (SSSR count). The minimum absolute atomic E-state index is 0.105. The number of alkyl halides is 2. The largest absolute Gasteiger partial charge is 0.298 e. The van der Waals surface area contributed by atoms with Crippen LogP contribution in [0.4, 0.5) is 0 Å². The molecular formula is C13H12Br2O2. The number of hydrogen-bond donors (Lipinski definition) is 0. The van der Waals surface area contributed by atoms with Gasteiger partial charge < -0.3 is 0 Å². The number of halogens is 2. The number of fused-ring (bicyclic) bond motifs is 4. The molecule has 90 valence electrons. The van der Waals surface area contributed by atoms with Crippen LogP contribution >= 0.6 is 31.9 Å². The quantitative estimate of drug-likeness (QED) is 0.532. The zero-order valence-electron chi connectivity index (χ0n) is 9.16. The summed E-state index contributed by atoms with van der Waals surface area (Å²) in [7, 11) is 0. The Labute approximate surface area is 116 Å². The van der Waals surface area contributed by atoms with E-state index in [0.717, 1.165) is 6.42 Å². The molecule has 0 aliphatic heterocycles. The van der Waals surface area contributed by atoms with E-state index in [1.807, 2.05) is 0 Å². The smallest absolute Gasteiger partial charge is 0.163 e. The predicted molar refractivity (Wildman–Crippen MR) is 70.2 cm³/mol. The molecule has 7 unspecified atom stereocenters.